The normalized spacial score (nSPS) is 26.3. The molecule has 0 aromatic carbocycles. The summed E-state index contributed by atoms with van der Waals surface area (Å²) in [5.74, 6) is 0.699. The second-order valence-corrected chi connectivity index (χ2v) is 11.8. The number of urea groups is 1. The standard InChI is InChI=1S/C23H28F3N7O2/c24-23(25,26)17-1-4-28-32(17)9-15-5-20(6-15)10-30(11-20)19(34)31-12-21(13-31)7-16(8-21)33-14-27-18(29-33)22(35)2-3-22/h1,4,14-16,35H,2-3,5-13H2. The zero-order chi connectivity index (χ0) is 24.2. The van der Waals surface area contributed by atoms with Crippen LogP contribution in [0.4, 0.5) is 18.0 Å². The molecular weight excluding hydrogens is 463 g/mol. The Morgan fingerprint density at radius 2 is 1.69 bits per heavy atom. The van der Waals surface area contributed by atoms with Crippen molar-refractivity contribution in [2.75, 3.05) is 26.2 Å². The van der Waals surface area contributed by atoms with Crippen molar-refractivity contribution >= 4 is 6.03 Å². The van der Waals surface area contributed by atoms with Crippen molar-refractivity contribution in [2.24, 2.45) is 16.7 Å². The van der Waals surface area contributed by atoms with Gasteiger partial charge in [0.2, 0.25) is 0 Å². The quantitative estimate of drug-likeness (QED) is 0.710. The molecule has 2 aromatic rings. The zero-order valence-corrected chi connectivity index (χ0v) is 19.3. The van der Waals surface area contributed by atoms with Crippen molar-refractivity contribution in [3.8, 4) is 0 Å². The second-order valence-electron chi connectivity index (χ2n) is 11.8. The van der Waals surface area contributed by atoms with E-state index in [1.54, 1.807) is 6.33 Å². The van der Waals surface area contributed by atoms with Crippen molar-refractivity contribution < 1.29 is 23.1 Å². The number of aliphatic hydroxyl groups is 1. The van der Waals surface area contributed by atoms with Crippen LogP contribution in [0, 0.1) is 16.7 Å². The minimum Gasteiger partial charge on any atom is -0.382 e. The van der Waals surface area contributed by atoms with Gasteiger partial charge in [0.25, 0.3) is 0 Å². The second kappa shape index (κ2) is 6.77. The molecule has 2 amide bonds. The first-order chi connectivity index (χ1) is 16.6. The molecule has 3 aliphatic carbocycles. The fourth-order valence-corrected chi connectivity index (χ4v) is 6.90. The van der Waals surface area contributed by atoms with Gasteiger partial charge in [-0.05, 0) is 50.5 Å². The smallest absolute Gasteiger partial charge is 0.382 e. The summed E-state index contributed by atoms with van der Waals surface area (Å²) in [6, 6.07) is 1.38. The van der Waals surface area contributed by atoms with E-state index in [9.17, 15) is 23.1 Å². The molecular formula is C23H28F3N7O2. The number of likely N-dealkylation sites (tertiary alicyclic amines) is 2. The monoisotopic (exact) mass is 491 g/mol. The predicted molar refractivity (Wildman–Crippen MR) is 115 cm³/mol. The molecule has 35 heavy (non-hydrogen) atoms. The van der Waals surface area contributed by atoms with Crippen molar-refractivity contribution in [2.45, 2.75) is 62.9 Å². The Morgan fingerprint density at radius 1 is 1.06 bits per heavy atom. The Bertz CT molecular complexity index is 1160. The summed E-state index contributed by atoms with van der Waals surface area (Å²) in [7, 11) is 0. The van der Waals surface area contributed by atoms with Gasteiger partial charge in [-0.1, -0.05) is 0 Å². The van der Waals surface area contributed by atoms with E-state index < -0.39 is 17.5 Å². The number of nitrogens with zero attached hydrogens (tertiary/aromatic N) is 7. The van der Waals surface area contributed by atoms with Gasteiger partial charge in [-0.25, -0.2) is 14.5 Å². The van der Waals surface area contributed by atoms with Crippen LogP contribution < -0.4 is 0 Å². The summed E-state index contributed by atoms with van der Waals surface area (Å²) in [5, 5.41) is 18.5. The van der Waals surface area contributed by atoms with E-state index in [0.717, 1.165) is 62.4 Å². The lowest BCUT2D eigenvalue weighted by Gasteiger charge is -2.63. The van der Waals surface area contributed by atoms with Gasteiger partial charge in [0.05, 0.1) is 6.04 Å². The summed E-state index contributed by atoms with van der Waals surface area (Å²) < 4.78 is 42.1. The first-order valence-corrected chi connectivity index (χ1v) is 12.3. The van der Waals surface area contributed by atoms with Gasteiger partial charge in [-0.15, -0.1) is 0 Å². The van der Waals surface area contributed by atoms with Gasteiger partial charge in [0.15, 0.2) is 5.82 Å². The van der Waals surface area contributed by atoms with E-state index in [4.69, 9.17) is 0 Å². The first-order valence-electron chi connectivity index (χ1n) is 12.3. The summed E-state index contributed by atoms with van der Waals surface area (Å²) in [6.07, 6.45) is 3.61. The molecule has 0 unspecified atom stereocenters. The molecule has 2 saturated heterocycles. The van der Waals surface area contributed by atoms with E-state index in [0.29, 0.717) is 18.9 Å². The SMILES string of the molecule is O=C(N1CC2(CC(Cn3nccc3C(F)(F)F)C2)C1)N1CC2(CC(n3cnc(C4(O)CC4)n3)C2)C1. The minimum absolute atomic E-state index is 0.0758. The van der Waals surface area contributed by atoms with Gasteiger partial charge in [-0.2, -0.15) is 23.4 Å². The van der Waals surface area contributed by atoms with Crippen LogP contribution in [0.2, 0.25) is 0 Å². The van der Waals surface area contributed by atoms with Gasteiger partial charge in [0.1, 0.15) is 17.6 Å². The highest BCUT2D eigenvalue weighted by molar-refractivity contribution is 5.77. The van der Waals surface area contributed by atoms with Crippen LogP contribution in [0.5, 0.6) is 0 Å². The van der Waals surface area contributed by atoms with E-state index >= 15 is 0 Å². The number of amides is 2. The van der Waals surface area contributed by atoms with Crippen molar-refractivity contribution in [3.63, 3.8) is 0 Å². The van der Waals surface area contributed by atoms with Crippen LogP contribution in [0.15, 0.2) is 18.6 Å². The molecule has 0 radical (unpaired) electrons. The van der Waals surface area contributed by atoms with Gasteiger partial charge >= 0.3 is 12.2 Å². The summed E-state index contributed by atoms with van der Waals surface area (Å²) >= 11 is 0. The first kappa shape index (κ1) is 21.6. The van der Waals surface area contributed by atoms with Crippen molar-refractivity contribution in [1.82, 2.24) is 34.3 Å². The Morgan fingerprint density at radius 3 is 2.29 bits per heavy atom. The highest BCUT2D eigenvalue weighted by Crippen LogP contribution is 2.56. The molecule has 2 aliphatic heterocycles. The molecule has 4 heterocycles. The largest absolute Gasteiger partial charge is 0.433 e. The highest BCUT2D eigenvalue weighted by atomic mass is 19.4. The fraction of sp³-hybridized carbons (Fsp3) is 0.739. The molecule has 5 fully saturated rings. The molecule has 188 valence electrons. The Labute approximate surface area is 199 Å². The van der Waals surface area contributed by atoms with Crippen molar-refractivity contribution in [3.05, 3.63) is 30.1 Å². The number of hydrogen-bond acceptors (Lipinski definition) is 5. The van der Waals surface area contributed by atoms with Gasteiger partial charge in [0, 0.05) is 49.8 Å². The third kappa shape index (κ3) is 3.39. The van der Waals surface area contributed by atoms with E-state index in [2.05, 4.69) is 15.2 Å². The minimum atomic E-state index is -4.39. The van der Waals surface area contributed by atoms with Crippen LogP contribution in [-0.2, 0) is 18.3 Å². The zero-order valence-electron chi connectivity index (χ0n) is 19.3. The maximum Gasteiger partial charge on any atom is 0.433 e. The van der Waals surface area contributed by atoms with Crippen LogP contribution in [0.3, 0.4) is 0 Å². The lowest BCUT2D eigenvalue weighted by Crippen LogP contribution is -2.71. The van der Waals surface area contributed by atoms with Crippen LogP contribution in [-0.4, -0.2) is 71.7 Å². The van der Waals surface area contributed by atoms with Crippen molar-refractivity contribution in [1.29, 1.82) is 0 Å². The van der Waals surface area contributed by atoms with E-state index in [1.165, 1.54) is 6.20 Å². The number of carbonyl (C=O) groups is 1. The lowest BCUT2D eigenvalue weighted by atomic mass is 9.57. The number of halogens is 3. The molecule has 2 aromatic heterocycles. The Balaban J connectivity index is 0.857. The topological polar surface area (TPSA) is 92.3 Å². The lowest BCUT2D eigenvalue weighted by molar-refractivity contribution is -0.146. The summed E-state index contributed by atoms with van der Waals surface area (Å²) in [5.41, 5.74) is -1.26. The summed E-state index contributed by atoms with van der Waals surface area (Å²) in [4.78, 5) is 21.0. The molecule has 2 spiro atoms. The highest BCUT2D eigenvalue weighted by Gasteiger charge is 2.59. The maximum absolute atomic E-state index is 13.1. The third-order valence-corrected chi connectivity index (χ3v) is 8.89. The average molecular weight is 492 g/mol. The summed E-state index contributed by atoms with van der Waals surface area (Å²) in [6.45, 7) is 3.20. The molecule has 1 N–H and O–H groups in total. The maximum atomic E-state index is 13.1. The predicted octanol–water partition coefficient (Wildman–Crippen LogP) is 2.64. The van der Waals surface area contributed by atoms with E-state index in [1.807, 2.05) is 14.5 Å². The molecule has 5 aliphatic rings. The average Bonchev–Trinajstić information content (AvgIpc) is 3.09. The number of hydrogen-bond donors (Lipinski definition) is 1. The molecule has 0 atom stereocenters. The molecule has 7 rings (SSSR count). The van der Waals surface area contributed by atoms with Crippen LogP contribution in [0.25, 0.3) is 0 Å². The number of carbonyl (C=O) groups excluding carboxylic acids is 1. The molecule has 0 bridgehead atoms. The fourth-order valence-electron chi connectivity index (χ4n) is 6.90. The molecule has 12 heteroatoms. The Kier molecular flexibility index (Phi) is 4.19. The Hall–Kier alpha value is -2.63. The number of rotatable bonds is 4. The van der Waals surface area contributed by atoms with Gasteiger partial charge in [-0.3, -0.25) is 4.68 Å². The van der Waals surface area contributed by atoms with Gasteiger partial charge < -0.3 is 14.9 Å². The van der Waals surface area contributed by atoms with Crippen LogP contribution in [0.1, 0.15) is 56.1 Å². The third-order valence-electron chi connectivity index (χ3n) is 8.89. The molecule has 3 saturated carbocycles. The number of aromatic nitrogens is 5. The van der Waals surface area contributed by atoms with E-state index in [-0.39, 0.29) is 35.4 Å². The number of alkyl halides is 3. The molecule has 9 nitrogen and oxygen atoms in total. The van der Waals surface area contributed by atoms with Crippen LogP contribution >= 0.6 is 0 Å².